The molecule has 1 aromatic carbocycles. The lowest BCUT2D eigenvalue weighted by Gasteiger charge is -2.25. The van der Waals surface area contributed by atoms with Crippen LogP contribution in [0, 0.1) is 5.82 Å². The molecule has 3 nitrogen and oxygen atoms in total. The van der Waals surface area contributed by atoms with Crippen molar-refractivity contribution < 1.29 is 9.18 Å². The number of urea groups is 1. The van der Waals surface area contributed by atoms with E-state index in [4.69, 9.17) is 0 Å². The van der Waals surface area contributed by atoms with E-state index in [-0.39, 0.29) is 17.3 Å². The van der Waals surface area contributed by atoms with Crippen LogP contribution in [0.3, 0.4) is 0 Å². The van der Waals surface area contributed by atoms with Crippen molar-refractivity contribution >= 4 is 6.03 Å². The first-order valence-electron chi connectivity index (χ1n) is 5.17. The van der Waals surface area contributed by atoms with E-state index in [0.29, 0.717) is 6.54 Å². The summed E-state index contributed by atoms with van der Waals surface area (Å²) < 4.78 is 12.8. The smallest absolute Gasteiger partial charge is 0.314 e. The normalized spacial score (nSPS) is 11.0. The highest BCUT2D eigenvalue weighted by Crippen LogP contribution is 2.22. The highest BCUT2D eigenvalue weighted by molar-refractivity contribution is 5.73. The van der Waals surface area contributed by atoms with Crippen LogP contribution in [0.1, 0.15) is 19.4 Å². The van der Waals surface area contributed by atoms with Crippen LogP contribution in [0.15, 0.2) is 24.3 Å². The molecule has 0 radical (unpaired) electrons. The predicted octanol–water partition coefficient (Wildman–Crippen LogP) is 2.03. The van der Waals surface area contributed by atoms with E-state index < -0.39 is 0 Å². The molecule has 0 aliphatic heterocycles. The van der Waals surface area contributed by atoms with Crippen LogP contribution < -0.4 is 10.6 Å². The van der Waals surface area contributed by atoms with Gasteiger partial charge in [-0.15, -0.1) is 0 Å². The molecule has 0 unspecified atom stereocenters. The summed E-state index contributed by atoms with van der Waals surface area (Å²) in [5.74, 6) is -0.251. The van der Waals surface area contributed by atoms with Crippen molar-refractivity contribution in [1.82, 2.24) is 10.6 Å². The number of carbonyl (C=O) groups is 1. The van der Waals surface area contributed by atoms with Crippen LogP contribution in [-0.2, 0) is 5.41 Å². The summed E-state index contributed by atoms with van der Waals surface area (Å²) >= 11 is 0. The summed E-state index contributed by atoms with van der Waals surface area (Å²) in [5.41, 5.74) is 0.769. The molecule has 1 aromatic rings. The molecule has 0 saturated carbocycles. The van der Waals surface area contributed by atoms with Gasteiger partial charge < -0.3 is 10.6 Å². The summed E-state index contributed by atoms with van der Waals surface area (Å²) in [5, 5.41) is 5.23. The molecular formula is C12H17FN2O. The average molecular weight is 224 g/mol. The van der Waals surface area contributed by atoms with E-state index >= 15 is 0 Å². The van der Waals surface area contributed by atoms with E-state index in [1.54, 1.807) is 19.2 Å². The van der Waals surface area contributed by atoms with E-state index in [1.165, 1.54) is 12.1 Å². The van der Waals surface area contributed by atoms with Crippen molar-refractivity contribution in [2.75, 3.05) is 13.6 Å². The molecule has 88 valence electrons. The monoisotopic (exact) mass is 224 g/mol. The van der Waals surface area contributed by atoms with E-state index in [1.807, 2.05) is 13.8 Å². The zero-order chi connectivity index (χ0) is 12.2. The quantitative estimate of drug-likeness (QED) is 0.810. The molecular weight excluding hydrogens is 207 g/mol. The Hall–Kier alpha value is -1.58. The average Bonchev–Trinajstić information content (AvgIpc) is 2.26. The maximum atomic E-state index is 12.8. The Labute approximate surface area is 95.0 Å². The molecule has 0 aromatic heterocycles. The molecule has 16 heavy (non-hydrogen) atoms. The van der Waals surface area contributed by atoms with Gasteiger partial charge in [0.2, 0.25) is 0 Å². The van der Waals surface area contributed by atoms with E-state index in [0.717, 1.165) is 5.56 Å². The second kappa shape index (κ2) is 4.96. The van der Waals surface area contributed by atoms with Gasteiger partial charge in [-0.2, -0.15) is 0 Å². The maximum absolute atomic E-state index is 12.8. The van der Waals surface area contributed by atoms with Gasteiger partial charge in [-0.25, -0.2) is 9.18 Å². The Morgan fingerprint density at radius 3 is 2.38 bits per heavy atom. The number of carbonyl (C=O) groups excluding carboxylic acids is 1. The van der Waals surface area contributed by atoms with Crippen molar-refractivity contribution in [3.8, 4) is 0 Å². The molecule has 0 heterocycles. The molecule has 0 aliphatic carbocycles. The van der Waals surface area contributed by atoms with Crippen LogP contribution in [0.25, 0.3) is 0 Å². The Bertz CT molecular complexity index is 360. The molecule has 0 aliphatic rings. The van der Waals surface area contributed by atoms with Gasteiger partial charge in [-0.3, -0.25) is 0 Å². The first-order chi connectivity index (χ1) is 7.45. The van der Waals surface area contributed by atoms with Crippen molar-refractivity contribution in [2.45, 2.75) is 19.3 Å². The molecule has 0 spiro atoms. The van der Waals surface area contributed by atoms with Crippen molar-refractivity contribution in [2.24, 2.45) is 0 Å². The van der Waals surface area contributed by atoms with Gasteiger partial charge in [0.1, 0.15) is 5.82 Å². The third-order valence-corrected chi connectivity index (χ3v) is 2.54. The minimum Gasteiger partial charge on any atom is -0.341 e. The maximum Gasteiger partial charge on any atom is 0.314 e. The third kappa shape index (κ3) is 3.22. The van der Waals surface area contributed by atoms with Gasteiger partial charge in [0.25, 0.3) is 0 Å². The van der Waals surface area contributed by atoms with Gasteiger partial charge >= 0.3 is 6.03 Å². The molecule has 0 atom stereocenters. The lowest BCUT2D eigenvalue weighted by molar-refractivity contribution is 0.240. The number of halogens is 1. The highest BCUT2D eigenvalue weighted by Gasteiger charge is 2.21. The molecule has 2 N–H and O–H groups in total. The van der Waals surface area contributed by atoms with E-state index in [9.17, 15) is 9.18 Å². The van der Waals surface area contributed by atoms with Crippen molar-refractivity contribution in [1.29, 1.82) is 0 Å². The summed E-state index contributed by atoms with van der Waals surface area (Å²) in [6.45, 7) is 4.49. The fraction of sp³-hybridized carbons (Fsp3) is 0.417. The summed E-state index contributed by atoms with van der Waals surface area (Å²) in [7, 11) is 1.57. The van der Waals surface area contributed by atoms with Crippen LogP contribution >= 0.6 is 0 Å². The first-order valence-corrected chi connectivity index (χ1v) is 5.17. The Kier molecular flexibility index (Phi) is 3.88. The fourth-order valence-corrected chi connectivity index (χ4v) is 1.39. The van der Waals surface area contributed by atoms with Crippen molar-refractivity contribution in [3.63, 3.8) is 0 Å². The highest BCUT2D eigenvalue weighted by atomic mass is 19.1. The second-order valence-corrected chi connectivity index (χ2v) is 4.32. The molecule has 1 rings (SSSR count). The first kappa shape index (κ1) is 12.5. The minimum absolute atomic E-state index is 0.213. The van der Waals surface area contributed by atoms with Gasteiger partial charge in [0.05, 0.1) is 0 Å². The van der Waals surface area contributed by atoms with Gasteiger partial charge in [-0.1, -0.05) is 26.0 Å². The number of hydrogen-bond donors (Lipinski definition) is 2. The number of nitrogens with one attached hydrogen (secondary N) is 2. The minimum atomic E-state index is -0.251. The van der Waals surface area contributed by atoms with Crippen LogP contribution in [0.5, 0.6) is 0 Å². The summed E-state index contributed by atoms with van der Waals surface area (Å²) in [6, 6.07) is 6.12. The Balaban J connectivity index is 2.69. The second-order valence-electron chi connectivity index (χ2n) is 4.32. The van der Waals surface area contributed by atoms with E-state index in [2.05, 4.69) is 10.6 Å². The fourth-order valence-electron chi connectivity index (χ4n) is 1.39. The number of hydrogen-bond acceptors (Lipinski definition) is 1. The van der Waals surface area contributed by atoms with Crippen molar-refractivity contribution in [3.05, 3.63) is 35.6 Å². The number of benzene rings is 1. The van der Waals surface area contributed by atoms with Gasteiger partial charge in [0, 0.05) is 19.0 Å². The standard InChI is InChI=1S/C12H17FN2O/c1-12(2,8-15-11(16)14-3)9-4-6-10(13)7-5-9/h4-7H,8H2,1-3H3,(H2,14,15,16). The zero-order valence-corrected chi connectivity index (χ0v) is 9.80. The Morgan fingerprint density at radius 1 is 1.31 bits per heavy atom. The molecule has 4 heteroatoms. The molecule has 2 amide bonds. The molecule has 0 fully saturated rings. The summed E-state index contributed by atoms with van der Waals surface area (Å²) in [6.07, 6.45) is 0. The predicted molar refractivity (Wildman–Crippen MR) is 61.9 cm³/mol. The lowest BCUT2D eigenvalue weighted by atomic mass is 9.84. The lowest BCUT2D eigenvalue weighted by Crippen LogP contribution is -2.40. The van der Waals surface area contributed by atoms with Gasteiger partial charge in [-0.05, 0) is 17.7 Å². The summed E-state index contributed by atoms with van der Waals surface area (Å²) in [4.78, 5) is 11.1. The Morgan fingerprint density at radius 2 is 1.88 bits per heavy atom. The SMILES string of the molecule is CNC(=O)NCC(C)(C)c1ccc(F)cc1. The van der Waals surface area contributed by atoms with Crippen LogP contribution in [-0.4, -0.2) is 19.6 Å². The van der Waals surface area contributed by atoms with Gasteiger partial charge in [0.15, 0.2) is 0 Å². The zero-order valence-electron chi connectivity index (χ0n) is 9.80. The topological polar surface area (TPSA) is 41.1 Å². The molecule has 0 bridgehead atoms. The van der Waals surface area contributed by atoms with Crippen LogP contribution in [0.4, 0.5) is 9.18 Å². The number of rotatable bonds is 3. The van der Waals surface area contributed by atoms with Crippen LogP contribution in [0.2, 0.25) is 0 Å². The molecule has 0 saturated heterocycles. The third-order valence-electron chi connectivity index (χ3n) is 2.54. The largest absolute Gasteiger partial charge is 0.341 e. The number of amides is 2.